The summed E-state index contributed by atoms with van der Waals surface area (Å²) in [6.45, 7) is 1.52. The molecule has 4 rings (SSSR count). The lowest BCUT2D eigenvalue weighted by molar-refractivity contribution is 0.0721. The highest BCUT2D eigenvalue weighted by Gasteiger charge is 2.29. The van der Waals surface area contributed by atoms with E-state index in [4.69, 9.17) is 0 Å². The van der Waals surface area contributed by atoms with Crippen molar-refractivity contribution in [1.29, 1.82) is 0 Å². The molecule has 0 saturated carbocycles. The van der Waals surface area contributed by atoms with Crippen molar-refractivity contribution in [3.63, 3.8) is 0 Å². The van der Waals surface area contributed by atoms with Crippen molar-refractivity contribution < 1.29 is 9.90 Å². The molecule has 1 aliphatic heterocycles. The van der Waals surface area contributed by atoms with Crippen LogP contribution in [-0.4, -0.2) is 38.3 Å². The third-order valence-corrected chi connectivity index (χ3v) is 4.91. The van der Waals surface area contributed by atoms with Crippen molar-refractivity contribution in [2.45, 2.75) is 25.4 Å². The molecule has 0 unspecified atom stereocenters. The zero-order valence-corrected chi connectivity index (χ0v) is 14.5. The van der Waals surface area contributed by atoms with Gasteiger partial charge < -0.3 is 10.0 Å². The Morgan fingerprint density at radius 3 is 2.73 bits per heavy atom. The Morgan fingerprint density at radius 2 is 1.96 bits per heavy atom. The number of rotatable bonds is 4. The zero-order valence-electron chi connectivity index (χ0n) is 14.5. The smallest absolute Gasteiger partial charge is 0.254 e. The maximum Gasteiger partial charge on any atom is 0.254 e. The minimum Gasteiger partial charge on any atom is -0.508 e. The molecule has 0 spiro atoms. The molecule has 0 bridgehead atoms. The van der Waals surface area contributed by atoms with Gasteiger partial charge in [0.05, 0.1) is 12.6 Å². The number of phenols is 1. The van der Waals surface area contributed by atoms with E-state index < -0.39 is 0 Å². The Morgan fingerprint density at radius 1 is 1.12 bits per heavy atom. The van der Waals surface area contributed by atoms with E-state index in [-0.39, 0.29) is 17.7 Å². The van der Waals surface area contributed by atoms with Crippen molar-refractivity contribution in [3.05, 3.63) is 72.6 Å². The van der Waals surface area contributed by atoms with E-state index in [1.807, 2.05) is 58.2 Å². The first-order chi connectivity index (χ1) is 12.7. The standard InChI is InChI=1S/C21H21N3O2/c25-20-9-7-16(8-10-20)17-4-1-5-18(14-17)21(26)24-13-2-6-19(24)15-23-12-3-11-22-23/h1,3-5,7-12,14,19,25H,2,6,13,15H2/t19-/m0/s1. The molecule has 5 heteroatoms. The van der Waals surface area contributed by atoms with Crippen LogP contribution in [-0.2, 0) is 6.54 Å². The van der Waals surface area contributed by atoms with Gasteiger partial charge in [0.1, 0.15) is 5.75 Å². The average molecular weight is 347 g/mol. The summed E-state index contributed by atoms with van der Waals surface area (Å²) in [5.41, 5.74) is 2.65. The Labute approximate surface area is 152 Å². The fraction of sp³-hybridized carbons (Fsp3) is 0.238. The van der Waals surface area contributed by atoms with Crippen LogP contribution in [0.25, 0.3) is 11.1 Å². The topological polar surface area (TPSA) is 58.4 Å². The van der Waals surface area contributed by atoms with Crippen molar-refractivity contribution in [1.82, 2.24) is 14.7 Å². The number of hydrogen-bond donors (Lipinski definition) is 1. The fourth-order valence-electron chi connectivity index (χ4n) is 3.57. The minimum atomic E-state index is 0.0697. The summed E-state index contributed by atoms with van der Waals surface area (Å²) >= 11 is 0. The predicted octanol–water partition coefficient (Wildman–Crippen LogP) is 3.56. The van der Waals surface area contributed by atoms with Gasteiger partial charge in [-0.1, -0.05) is 24.3 Å². The second kappa shape index (κ2) is 7.04. The molecule has 2 heterocycles. The Kier molecular flexibility index (Phi) is 4.44. The number of likely N-dealkylation sites (tertiary alicyclic amines) is 1. The van der Waals surface area contributed by atoms with E-state index >= 15 is 0 Å². The predicted molar refractivity (Wildman–Crippen MR) is 99.8 cm³/mol. The number of aromatic hydroxyl groups is 1. The third-order valence-electron chi connectivity index (χ3n) is 4.91. The summed E-state index contributed by atoms with van der Waals surface area (Å²) in [6.07, 6.45) is 5.73. The van der Waals surface area contributed by atoms with E-state index in [0.717, 1.165) is 37.1 Å². The Bertz CT molecular complexity index is 888. The minimum absolute atomic E-state index is 0.0697. The molecule has 2 aromatic carbocycles. The van der Waals surface area contributed by atoms with Crippen molar-refractivity contribution in [2.75, 3.05) is 6.54 Å². The van der Waals surface area contributed by atoms with Gasteiger partial charge in [-0.25, -0.2) is 0 Å². The second-order valence-electron chi connectivity index (χ2n) is 6.65. The summed E-state index contributed by atoms with van der Waals surface area (Å²) in [5.74, 6) is 0.305. The first-order valence-electron chi connectivity index (χ1n) is 8.88. The summed E-state index contributed by atoms with van der Waals surface area (Å²) in [5, 5.41) is 13.7. The number of aromatic nitrogens is 2. The molecule has 1 saturated heterocycles. The first-order valence-corrected chi connectivity index (χ1v) is 8.88. The summed E-state index contributed by atoms with van der Waals surface area (Å²) < 4.78 is 1.89. The molecule has 1 N–H and O–H groups in total. The molecule has 1 amide bonds. The van der Waals surface area contributed by atoms with Crippen LogP contribution in [0.5, 0.6) is 5.75 Å². The zero-order chi connectivity index (χ0) is 17.9. The molecule has 5 nitrogen and oxygen atoms in total. The SMILES string of the molecule is O=C(c1cccc(-c2ccc(O)cc2)c1)N1CCC[C@H]1Cn1cccn1. The van der Waals surface area contributed by atoms with Gasteiger partial charge in [-0.3, -0.25) is 9.48 Å². The van der Waals surface area contributed by atoms with Crippen LogP contribution < -0.4 is 0 Å². The average Bonchev–Trinajstić information content (AvgIpc) is 3.34. The van der Waals surface area contributed by atoms with Gasteiger partial charge in [0.2, 0.25) is 0 Å². The van der Waals surface area contributed by atoms with Crippen molar-refractivity contribution in [3.8, 4) is 16.9 Å². The molecule has 0 aliphatic carbocycles. The summed E-state index contributed by atoms with van der Waals surface area (Å²) in [7, 11) is 0. The molecule has 26 heavy (non-hydrogen) atoms. The van der Waals surface area contributed by atoms with Crippen molar-refractivity contribution >= 4 is 5.91 Å². The van der Waals surface area contributed by atoms with Gasteiger partial charge in [0.25, 0.3) is 5.91 Å². The number of carbonyl (C=O) groups is 1. The van der Waals surface area contributed by atoms with E-state index in [9.17, 15) is 9.90 Å². The number of nitrogens with zero attached hydrogens (tertiary/aromatic N) is 3. The molecule has 1 aliphatic rings. The van der Waals surface area contributed by atoms with Crippen LogP contribution in [0.1, 0.15) is 23.2 Å². The summed E-state index contributed by atoms with van der Waals surface area (Å²) in [4.78, 5) is 15.0. The molecule has 3 aromatic rings. The quantitative estimate of drug-likeness (QED) is 0.785. The maximum absolute atomic E-state index is 13.1. The second-order valence-corrected chi connectivity index (χ2v) is 6.65. The van der Waals surface area contributed by atoms with Gasteiger partial charge in [-0.2, -0.15) is 5.10 Å². The first kappa shape index (κ1) is 16.4. The molecule has 0 radical (unpaired) electrons. The number of benzene rings is 2. The highest BCUT2D eigenvalue weighted by atomic mass is 16.3. The number of hydrogen-bond acceptors (Lipinski definition) is 3. The third kappa shape index (κ3) is 3.33. The van der Waals surface area contributed by atoms with E-state index in [0.29, 0.717) is 5.56 Å². The maximum atomic E-state index is 13.1. The van der Waals surface area contributed by atoms with Crippen LogP contribution in [0.3, 0.4) is 0 Å². The van der Waals surface area contributed by atoms with Crippen LogP contribution >= 0.6 is 0 Å². The van der Waals surface area contributed by atoms with E-state index in [2.05, 4.69) is 5.10 Å². The largest absolute Gasteiger partial charge is 0.508 e. The molecular formula is C21H21N3O2. The normalized spacial score (nSPS) is 16.8. The monoisotopic (exact) mass is 347 g/mol. The van der Waals surface area contributed by atoms with Gasteiger partial charge in [0, 0.05) is 24.5 Å². The molecular weight excluding hydrogens is 326 g/mol. The highest BCUT2D eigenvalue weighted by molar-refractivity contribution is 5.95. The van der Waals surface area contributed by atoms with Crippen LogP contribution in [0.15, 0.2) is 67.0 Å². The molecule has 1 fully saturated rings. The lowest BCUT2D eigenvalue weighted by Crippen LogP contribution is -2.38. The van der Waals surface area contributed by atoms with Gasteiger partial charge in [0.15, 0.2) is 0 Å². The van der Waals surface area contributed by atoms with Crippen molar-refractivity contribution in [2.24, 2.45) is 0 Å². The highest BCUT2D eigenvalue weighted by Crippen LogP contribution is 2.25. The van der Waals surface area contributed by atoms with Crippen LogP contribution in [0, 0.1) is 0 Å². The van der Waals surface area contributed by atoms with Gasteiger partial charge in [-0.05, 0) is 54.3 Å². The van der Waals surface area contributed by atoms with Gasteiger partial charge >= 0.3 is 0 Å². The molecule has 1 aromatic heterocycles. The van der Waals surface area contributed by atoms with E-state index in [1.165, 1.54) is 0 Å². The van der Waals surface area contributed by atoms with Crippen LogP contribution in [0.2, 0.25) is 0 Å². The molecule has 132 valence electrons. The lowest BCUT2D eigenvalue weighted by Gasteiger charge is -2.25. The Balaban J connectivity index is 1.55. The summed E-state index contributed by atoms with van der Waals surface area (Å²) in [6, 6.07) is 16.8. The molecule has 1 atom stereocenters. The number of carbonyl (C=O) groups excluding carboxylic acids is 1. The van der Waals surface area contributed by atoms with E-state index in [1.54, 1.807) is 18.3 Å². The Hall–Kier alpha value is -3.08. The lowest BCUT2D eigenvalue weighted by atomic mass is 10.0. The van der Waals surface area contributed by atoms with Crippen LogP contribution in [0.4, 0.5) is 0 Å². The fourth-order valence-corrected chi connectivity index (χ4v) is 3.57. The number of phenolic OH excluding ortho intramolecular Hbond substituents is 1. The van der Waals surface area contributed by atoms with Gasteiger partial charge in [-0.15, -0.1) is 0 Å². The number of amides is 1.